The van der Waals surface area contributed by atoms with E-state index in [1.54, 1.807) is 13.3 Å². The third kappa shape index (κ3) is 3.36. The highest BCUT2D eigenvalue weighted by molar-refractivity contribution is 7.15. The van der Waals surface area contributed by atoms with Crippen molar-refractivity contribution < 1.29 is 4.74 Å². The molecule has 0 unspecified atom stereocenters. The summed E-state index contributed by atoms with van der Waals surface area (Å²) >= 11 is 13.4. The fourth-order valence-corrected chi connectivity index (χ4v) is 2.72. The van der Waals surface area contributed by atoms with E-state index in [1.807, 2.05) is 18.2 Å². The van der Waals surface area contributed by atoms with Gasteiger partial charge >= 0.3 is 0 Å². The standard InChI is InChI=1S/C12H12Cl2N2OS/c1-17-10-4-2-3-9(13)8(10)5-15-7-12-16-6-11(14)18-12/h2-4,6,15H,5,7H2,1H3. The first kappa shape index (κ1) is 13.6. The van der Waals surface area contributed by atoms with E-state index in [4.69, 9.17) is 27.9 Å². The van der Waals surface area contributed by atoms with E-state index >= 15 is 0 Å². The summed E-state index contributed by atoms with van der Waals surface area (Å²) in [6, 6.07) is 5.61. The summed E-state index contributed by atoms with van der Waals surface area (Å²) in [7, 11) is 1.63. The van der Waals surface area contributed by atoms with Crippen molar-refractivity contribution in [3.05, 3.63) is 44.3 Å². The van der Waals surface area contributed by atoms with E-state index in [0.717, 1.165) is 16.3 Å². The molecule has 2 aromatic rings. The number of aromatic nitrogens is 1. The average Bonchev–Trinajstić information content (AvgIpc) is 2.77. The average molecular weight is 303 g/mol. The van der Waals surface area contributed by atoms with Gasteiger partial charge in [0.15, 0.2) is 0 Å². The Balaban J connectivity index is 1.98. The van der Waals surface area contributed by atoms with Gasteiger partial charge in [0, 0.05) is 23.7 Å². The SMILES string of the molecule is COc1cccc(Cl)c1CNCc1ncc(Cl)s1. The third-order valence-electron chi connectivity index (χ3n) is 2.40. The number of nitrogens with one attached hydrogen (secondary N) is 1. The number of halogens is 2. The number of ether oxygens (including phenoxy) is 1. The van der Waals surface area contributed by atoms with Crippen LogP contribution < -0.4 is 10.1 Å². The Morgan fingerprint density at radius 1 is 1.33 bits per heavy atom. The monoisotopic (exact) mass is 302 g/mol. The number of methoxy groups -OCH3 is 1. The molecule has 0 aliphatic heterocycles. The first-order valence-electron chi connectivity index (χ1n) is 5.33. The molecule has 1 aromatic heterocycles. The maximum absolute atomic E-state index is 6.14. The molecule has 0 aliphatic rings. The highest BCUT2D eigenvalue weighted by atomic mass is 35.5. The van der Waals surface area contributed by atoms with Gasteiger partial charge in [-0.2, -0.15) is 0 Å². The predicted molar refractivity (Wildman–Crippen MR) is 75.7 cm³/mol. The molecule has 1 aromatic carbocycles. The van der Waals surface area contributed by atoms with E-state index in [-0.39, 0.29) is 0 Å². The van der Waals surface area contributed by atoms with Crippen LogP contribution in [0.4, 0.5) is 0 Å². The Bertz CT molecular complexity index is 531. The van der Waals surface area contributed by atoms with Gasteiger partial charge in [-0.1, -0.05) is 29.3 Å². The normalized spacial score (nSPS) is 10.6. The van der Waals surface area contributed by atoms with Gasteiger partial charge in [-0.3, -0.25) is 0 Å². The molecule has 1 heterocycles. The lowest BCUT2D eigenvalue weighted by atomic mass is 10.2. The van der Waals surface area contributed by atoms with Crippen molar-refractivity contribution in [1.29, 1.82) is 0 Å². The molecule has 0 fully saturated rings. The second-order valence-corrected chi connectivity index (χ2v) is 5.74. The summed E-state index contributed by atoms with van der Waals surface area (Å²) in [6.07, 6.45) is 1.65. The summed E-state index contributed by atoms with van der Waals surface area (Å²) in [5.41, 5.74) is 0.948. The van der Waals surface area contributed by atoms with E-state index in [0.29, 0.717) is 22.4 Å². The second-order valence-electron chi connectivity index (χ2n) is 3.58. The highest BCUT2D eigenvalue weighted by Gasteiger charge is 2.07. The molecule has 0 radical (unpaired) electrons. The van der Waals surface area contributed by atoms with Crippen molar-refractivity contribution in [3.63, 3.8) is 0 Å². The van der Waals surface area contributed by atoms with E-state index in [1.165, 1.54) is 11.3 Å². The second kappa shape index (κ2) is 6.38. The van der Waals surface area contributed by atoms with Crippen LogP contribution in [0.1, 0.15) is 10.6 Å². The van der Waals surface area contributed by atoms with Crippen LogP contribution in [0.3, 0.4) is 0 Å². The largest absolute Gasteiger partial charge is 0.496 e. The van der Waals surface area contributed by atoms with Gasteiger partial charge in [0.1, 0.15) is 15.1 Å². The zero-order valence-electron chi connectivity index (χ0n) is 9.74. The molecule has 18 heavy (non-hydrogen) atoms. The molecule has 6 heteroatoms. The molecule has 96 valence electrons. The van der Waals surface area contributed by atoms with Crippen molar-refractivity contribution in [2.24, 2.45) is 0 Å². The Morgan fingerprint density at radius 2 is 2.17 bits per heavy atom. The van der Waals surface area contributed by atoms with Crippen LogP contribution in [-0.2, 0) is 13.1 Å². The van der Waals surface area contributed by atoms with Crippen LogP contribution in [0, 0.1) is 0 Å². The molecular formula is C12H12Cl2N2OS. The molecule has 0 atom stereocenters. The Morgan fingerprint density at radius 3 is 2.83 bits per heavy atom. The van der Waals surface area contributed by atoms with Crippen molar-refractivity contribution in [2.75, 3.05) is 7.11 Å². The van der Waals surface area contributed by atoms with Gasteiger partial charge in [-0.15, -0.1) is 11.3 Å². The van der Waals surface area contributed by atoms with Crippen molar-refractivity contribution in [2.45, 2.75) is 13.1 Å². The Hall–Kier alpha value is -0.810. The minimum atomic E-state index is 0.625. The topological polar surface area (TPSA) is 34.1 Å². The number of rotatable bonds is 5. The van der Waals surface area contributed by atoms with Gasteiger partial charge in [-0.05, 0) is 12.1 Å². The molecule has 0 spiro atoms. The lowest BCUT2D eigenvalue weighted by molar-refractivity contribution is 0.407. The fourth-order valence-electron chi connectivity index (χ4n) is 1.57. The van der Waals surface area contributed by atoms with Crippen LogP contribution >= 0.6 is 34.5 Å². The lowest BCUT2D eigenvalue weighted by Crippen LogP contribution is -2.13. The van der Waals surface area contributed by atoms with Crippen molar-refractivity contribution in [3.8, 4) is 5.75 Å². The Kier molecular flexibility index (Phi) is 4.83. The van der Waals surface area contributed by atoms with Gasteiger partial charge in [0.25, 0.3) is 0 Å². The van der Waals surface area contributed by atoms with Crippen LogP contribution in [-0.4, -0.2) is 12.1 Å². The first-order chi connectivity index (χ1) is 8.70. The number of hydrogen-bond acceptors (Lipinski definition) is 4. The Labute approximate surface area is 120 Å². The fraction of sp³-hybridized carbons (Fsp3) is 0.250. The van der Waals surface area contributed by atoms with Crippen LogP contribution in [0.5, 0.6) is 5.75 Å². The quantitative estimate of drug-likeness (QED) is 0.913. The third-order valence-corrected chi connectivity index (χ3v) is 3.87. The number of hydrogen-bond donors (Lipinski definition) is 1. The summed E-state index contributed by atoms with van der Waals surface area (Å²) in [5.74, 6) is 0.784. The van der Waals surface area contributed by atoms with Crippen LogP contribution in [0.25, 0.3) is 0 Å². The number of thiazole rings is 1. The number of benzene rings is 1. The molecule has 0 saturated carbocycles. The van der Waals surface area contributed by atoms with Crippen LogP contribution in [0.2, 0.25) is 9.36 Å². The minimum Gasteiger partial charge on any atom is -0.496 e. The zero-order valence-corrected chi connectivity index (χ0v) is 12.1. The molecule has 1 N–H and O–H groups in total. The highest BCUT2D eigenvalue weighted by Crippen LogP contribution is 2.26. The van der Waals surface area contributed by atoms with E-state index in [2.05, 4.69) is 10.3 Å². The predicted octanol–water partition coefficient (Wildman–Crippen LogP) is 3.75. The zero-order chi connectivity index (χ0) is 13.0. The van der Waals surface area contributed by atoms with E-state index in [9.17, 15) is 0 Å². The lowest BCUT2D eigenvalue weighted by Gasteiger charge is -2.10. The van der Waals surface area contributed by atoms with Gasteiger partial charge in [0.2, 0.25) is 0 Å². The first-order valence-corrected chi connectivity index (χ1v) is 6.90. The summed E-state index contributed by atoms with van der Waals surface area (Å²) in [6.45, 7) is 1.28. The molecule has 3 nitrogen and oxygen atoms in total. The van der Waals surface area contributed by atoms with Gasteiger partial charge < -0.3 is 10.1 Å². The van der Waals surface area contributed by atoms with Crippen molar-refractivity contribution >= 4 is 34.5 Å². The van der Waals surface area contributed by atoms with Crippen molar-refractivity contribution in [1.82, 2.24) is 10.3 Å². The smallest absolute Gasteiger partial charge is 0.124 e. The van der Waals surface area contributed by atoms with Crippen LogP contribution in [0.15, 0.2) is 24.4 Å². The molecule has 2 rings (SSSR count). The summed E-state index contributed by atoms with van der Waals surface area (Å²) < 4.78 is 5.97. The summed E-state index contributed by atoms with van der Waals surface area (Å²) in [5, 5.41) is 4.92. The van der Waals surface area contributed by atoms with Gasteiger partial charge in [0.05, 0.1) is 13.3 Å². The van der Waals surface area contributed by atoms with Gasteiger partial charge in [-0.25, -0.2) is 4.98 Å². The van der Waals surface area contributed by atoms with E-state index < -0.39 is 0 Å². The molecule has 0 bridgehead atoms. The maximum atomic E-state index is 6.14. The molecule has 0 saturated heterocycles. The molecule has 0 aliphatic carbocycles. The molecule has 0 amide bonds. The minimum absolute atomic E-state index is 0.625. The number of nitrogens with zero attached hydrogens (tertiary/aromatic N) is 1. The maximum Gasteiger partial charge on any atom is 0.124 e. The summed E-state index contributed by atoms with van der Waals surface area (Å²) in [4.78, 5) is 4.17. The molecular weight excluding hydrogens is 291 g/mol.